The van der Waals surface area contributed by atoms with Gasteiger partial charge < -0.3 is 4.90 Å². The summed E-state index contributed by atoms with van der Waals surface area (Å²) in [4.78, 5) is 2.89. The molecular formula is C16H18F2N2O2S2. The molecule has 24 heavy (non-hydrogen) atoms. The van der Waals surface area contributed by atoms with Crippen LogP contribution in [0.15, 0.2) is 34.5 Å². The van der Waals surface area contributed by atoms with E-state index in [1.54, 1.807) is 18.2 Å². The summed E-state index contributed by atoms with van der Waals surface area (Å²) in [6.45, 7) is 3.49. The van der Waals surface area contributed by atoms with Crippen LogP contribution in [0.25, 0.3) is 0 Å². The molecule has 1 aromatic heterocycles. The molecule has 0 unspecified atom stereocenters. The number of sulfonamides is 1. The fraction of sp³-hybridized carbons (Fsp3) is 0.375. The number of hydrogen-bond donors (Lipinski definition) is 1. The van der Waals surface area contributed by atoms with E-state index in [-0.39, 0.29) is 5.92 Å². The van der Waals surface area contributed by atoms with Gasteiger partial charge in [0.1, 0.15) is 4.21 Å². The van der Waals surface area contributed by atoms with Gasteiger partial charge in [0.05, 0.1) is 0 Å². The highest BCUT2D eigenvalue weighted by molar-refractivity contribution is 7.91. The van der Waals surface area contributed by atoms with Crippen LogP contribution in [0.3, 0.4) is 0 Å². The number of nitrogens with zero attached hydrogens (tertiary/aromatic N) is 1. The van der Waals surface area contributed by atoms with Gasteiger partial charge in [-0.15, -0.1) is 11.3 Å². The van der Waals surface area contributed by atoms with E-state index < -0.39 is 21.7 Å². The molecule has 1 saturated heterocycles. The average molecular weight is 372 g/mol. The van der Waals surface area contributed by atoms with E-state index in [9.17, 15) is 17.2 Å². The minimum atomic E-state index is -3.48. The van der Waals surface area contributed by atoms with Gasteiger partial charge in [0.25, 0.3) is 0 Å². The Morgan fingerprint density at radius 2 is 2.04 bits per heavy atom. The van der Waals surface area contributed by atoms with Crippen LogP contribution < -0.4 is 9.62 Å². The minimum Gasteiger partial charge on any atom is -0.371 e. The zero-order valence-electron chi connectivity index (χ0n) is 13.1. The summed E-state index contributed by atoms with van der Waals surface area (Å²) in [5.74, 6) is -1.60. The zero-order chi connectivity index (χ0) is 17.3. The van der Waals surface area contributed by atoms with Gasteiger partial charge in [0.2, 0.25) is 10.0 Å². The molecular weight excluding hydrogens is 354 g/mol. The summed E-state index contributed by atoms with van der Waals surface area (Å²) in [5, 5.41) is 0. The van der Waals surface area contributed by atoms with Crippen molar-refractivity contribution in [3.8, 4) is 0 Å². The van der Waals surface area contributed by atoms with E-state index in [2.05, 4.69) is 4.72 Å². The van der Waals surface area contributed by atoms with E-state index >= 15 is 0 Å². The van der Waals surface area contributed by atoms with Crippen molar-refractivity contribution in [2.75, 3.05) is 24.5 Å². The lowest BCUT2D eigenvalue weighted by molar-refractivity contribution is 0.508. The molecule has 4 nitrogen and oxygen atoms in total. The molecule has 2 aromatic rings. The highest BCUT2D eigenvalue weighted by atomic mass is 32.2. The molecule has 2 heterocycles. The third-order valence-electron chi connectivity index (χ3n) is 4.10. The van der Waals surface area contributed by atoms with E-state index in [4.69, 9.17) is 0 Å². The Labute approximate surface area is 144 Å². The molecule has 0 spiro atoms. The maximum atomic E-state index is 13.3. The lowest BCUT2D eigenvalue weighted by Crippen LogP contribution is -2.30. The van der Waals surface area contributed by atoms with Crippen LogP contribution in [0.5, 0.6) is 0 Å². The van der Waals surface area contributed by atoms with Gasteiger partial charge in [-0.05, 0) is 43.5 Å². The predicted molar refractivity (Wildman–Crippen MR) is 90.9 cm³/mol. The van der Waals surface area contributed by atoms with Gasteiger partial charge in [-0.3, -0.25) is 0 Å². The Hall–Kier alpha value is -1.51. The number of anilines is 1. The molecule has 1 fully saturated rings. The second-order valence-corrected chi connectivity index (χ2v) is 9.20. The van der Waals surface area contributed by atoms with Gasteiger partial charge in [-0.1, -0.05) is 0 Å². The standard InChI is InChI=1S/C16H18F2N2O2S2/c1-11-2-5-16(23-11)24(21,22)19-9-12-6-7-20(10-12)13-3-4-14(17)15(18)8-13/h2-5,8,12,19H,6-7,9-10H2,1H3/t12-/m1/s1. The lowest BCUT2D eigenvalue weighted by atomic mass is 10.1. The summed E-state index contributed by atoms with van der Waals surface area (Å²) in [6.07, 6.45) is 0.797. The van der Waals surface area contributed by atoms with Crippen LogP contribution in [0.1, 0.15) is 11.3 Å². The molecule has 0 amide bonds. The van der Waals surface area contributed by atoms with Crippen molar-refractivity contribution in [2.45, 2.75) is 17.6 Å². The predicted octanol–water partition coefficient (Wildman–Crippen LogP) is 3.14. The van der Waals surface area contributed by atoms with E-state index in [1.165, 1.54) is 17.4 Å². The molecule has 0 bridgehead atoms. The molecule has 0 radical (unpaired) electrons. The monoisotopic (exact) mass is 372 g/mol. The molecule has 130 valence electrons. The number of thiophene rings is 1. The van der Waals surface area contributed by atoms with Crippen LogP contribution in [0, 0.1) is 24.5 Å². The summed E-state index contributed by atoms with van der Waals surface area (Å²) in [5.41, 5.74) is 0.619. The van der Waals surface area contributed by atoms with Crippen molar-refractivity contribution in [2.24, 2.45) is 5.92 Å². The fourth-order valence-electron chi connectivity index (χ4n) is 2.77. The Kier molecular flexibility index (Phi) is 4.89. The van der Waals surface area contributed by atoms with Gasteiger partial charge in [0, 0.05) is 36.3 Å². The summed E-state index contributed by atoms with van der Waals surface area (Å²) in [6, 6.07) is 7.21. The number of benzene rings is 1. The third-order valence-corrected chi connectivity index (χ3v) is 7.01. The lowest BCUT2D eigenvalue weighted by Gasteiger charge is -2.19. The van der Waals surface area contributed by atoms with Gasteiger partial charge in [-0.2, -0.15) is 0 Å². The minimum absolute atomic E-state index is 0.133. The first-order valence-electron chi connectivity index (χ1n) is 7.61. The first kappa shape index (κ1) is 17.3. The Morgan fingerprint density at radius 3 is 2.71 bits per heavy atom. The van der Waals surface area contributed by atoms with E-state index in [0.717, 1.165) is 17.4 Å². The Bertz CT molecular complexity index is 836. The first-order chi connectivity index (χ1) is 11.3. The highest BCUT2D eigenvalue weighted by Crippen LogP contribution is 2.26. The molecule has 1 aliphatic heterocycles. The van der Waals surface area contributed by atoms with Crippen LogP contribution in [0.2, 0.25) is 0 Å². The first-order valence-corrected chi connectivity index (χ1v) is 9.91. The van der Waals surface area contributed by atoms with Crippen molar-refractivity contribution >= 4 is 27.0 Å². The molecule has 0 saturated carbocycles. The molecule has 1 N–H and O–H groups in total. The fourth-order valence-corrected chi connectivity index (χ4v) is 5.21. The van der Waals surface area contributed by atoms with Crippen LogP contribution in [0.4, 0.5) is 14.5 Å². The van der Waals surface area contributed by atoms with Crippen molar-refractivity contribution < 1.29 is 17.2 Å². The summed E-state index contributed by atoms with van der Waals surface area (Å²) < 4.78 is 53.8. The number of hydrogen-bond acceptors (Lipinski definition) is 4. The second-order valence-electron chi connectivity index (χ2n) is 5.92. The molecule has 1 aliphatic rings. The smallest absolute Gasteiger partial charge is 0.250 e. The topological polar surface area (TPSA) is 49.4 Å². The maximum absolute atomic E-state index is 13.3. The van der Waals surface area contributed by atoms with Crippen molar-refractivity contribution in [1.29, 1.82) is 0 Å². The van der Waals surface area contributed by atoms with Gasteiger partial charge in [-0.25, -0.2) is 21.9 Å². The Morgan fingerprint density at radius 1 is 1.25 bits per heavy atom. The largest absolute Gasteiger partial charge is 0.371 e. The quantitative estimate of drug-likeness (QED) is 0.877. The third kappa shape index (κ3) is 3.76. The normalized spacial score (nSPS) is 18.3. The number of aryl methyl sites for hydroxylation is 1. The zero-order valence-corrected chi connectivity index (χ0v) is 14.8. The summed E-state index contributed by atoms with van der Waals surface area (Å²) >= 11 is 1.24. The number of nitrogens with one attached hydrogen (secondary N) is 1. The molecule has 1 atom stereocenters. The maximum Gasteiger partial charge on any atom is 0.250 e. The van der Waals surface area contributed by atoms with Crippen LogP contribution in [-0.4, -0.2) is 28.1 Å². The molecule has 8 heteroatoms. The SMILES string of the molecule is Cc1ccc(S(=O)(=O)NC[C@H]2CCN(c3ccc(F)c(F)c3)C2)s1. The van der Waals surface area contributed by atoms with Gasteiger partial charge in [0.15, 0.2) is 11.6 Å². The van der Waals surface area contributed by atoms with Crippen LogP contribution in [-0.2, 0) is 10.0 Å². The van der Waals surface area contributed by atoms with Crippen molar-refractivity contribution in [3.05, 3.63) is 46.8 Å². The average Bonchev–Trinajstić information content (AvgIpc) is 3.17. The van der Waals surface area contributed by atoms with Crippen LogP contribution >= 0.6 is 11.3 Å². The number of halogens is 2. The second kappa shape index (κ2) is 6.78. The summed E-state index contributed by atoms with van der Waals surface area (Å²) in [7, 11) is -3.48. The number of rotatable bonds is 5. The van der Waals surface area contributed by atoms with E-state index in [1.807, 2.05) is 11.8 Å². The van der Waals surface area contributed by atoms with Gasteiger partial charge >= 0.3 is 0 Å². The van der Waals surface area contributed by atoms with Crippen molar-refractivity contribution in [1.82, 2.24) is 4.72 Å². The van der Waals surface area contributed by atoms with Crippen molar-refractivity contribution in [3.63, 3.8) is 0 Å². The Balaban J connectivity index is 1.59. The van der Waals surface area contributed by atoms with E-state index in [0.29, 0.717) is 29.5 Å². The molecule has 3 rings (SSSR count). The highest BCUT2D eigenvalue weighted by Gasteiger charge is 2.25. The molecule has 0 aliphatic carbocycles. The molecule has 1 aromatic carbocycles.